The van der Waals surface area contributed by atoms with E-state index in [1.165, 1.54) is 17.4 Å². The molecule has 0 saturated heterocycles. The molecule has 1 atom stereocenters. The summed E-state index contributed by atoms with van der Waals surface area (Å²) in [5, 5.41) is 1.63. The molecular weight excluding hydrogens is 386 g/mol. The number of aromatic amines is 1. The van der Waals surface area contributed by atoms with E-state index in [0.29, 0.717) is 21.7 Å². The van der Waals surface area contributed by atoms with E-state index in [9.17, 15) is 9.59 Å². The molecular formula is C22H19N3O3S. The summed E-state index contributed by atoms with van der Waals surface area (Å²) in [6, 6.07) is 11.5. The van der Waals surface area contributed by atoms with Gasteiger partial charge in [0, 0.05) is 16.3 Å². The summed E-state index contributed by atoms with van der Waals surface area (Å²) >= 11 is 1.46. The number of aromatic nitrogens is 3. The zero-order valence-electron chi connectivity index (χ0n) is 16.2. The molecule has 0 saturated carbocycles. The molecule has 0 aliphatic carbocycles. The quantitative estimate of drug-likeness (QED) is 0.400. The van der Waals surface area contributed by atoms with Gasteiger partial charge >= 0.3 is 5.97 Å². The van der Waals surface area contributed by atoms with E-state index in [-0.39, 0.29) is 5.56 Å². The van der Waals surface area contributed by atoms with Crippen molar-refractivity contribution in [3.63, 3.8) is 0 Å². The summed E-state index contributed by atoms with van der Waals surface area (Å²) in [6.07, 6.45) is 2.24. The number of carbonyl (C=O) groups is 1. The van der Waals surface area contributed by atoms with Gasteiger partial charge in [-0.3, -0.25) is 4.79 Å². The maximum absolute atomic E-state index is 12.4. The summed E-state index contributed by atoms with van der Waals surface area (Å²) in [4.78, 5) is 38.0. The van der Waals surface area contributed by atoms with E-state index in [1.54, 1.807) is 13.0 Å². The number of nitrogens with zero attached hydrogens (tertiary/aromatic N) is 2. The van der Waals surface area contributed by atoms with Gasteiger partial charge in [0.25, 0.3) is 5.56 Å². The van der Waals surface area contributed by atoms with Gasteiger partial charge in [0.05, 0.1) is 16.6 Å². The van der Waals surface area contributed by atoms with Gasteiger partial charge in [-0.1, -0.05) is 24.3 Å². The Labute approximate surface area is 170 Å². The number of hydrogen-bond acceptors (Lipinski definition) is 6. The van der Waals surface area contributed by atoms with E-state index in [4.69, 9.17) is 4.74 Å². The third-order valence-electron chi connectivity index (χ3n) is 4.75. The van der Waals surface area contributed by atoms with Crippen molar-refractivity contribution in [2.24, 2.45) is 0 Å². The Balaban J connectivity index is 1.51. The number of carbonyl (C=O) groups excluding carboxylic acids is 1. The molecule has 3 heterocycles. The Morgan fingerprint density at radius 2 is 1.97 bits per heavy atom. The summed E-state index contributed by atoms with van der Waals surface area (Å²) in [5.74, 6) is -0.205. The van der Waals surface area contributed by atoms with Crippen molar-refractivity contribution in [1.82, 2.24) is 15.0 Å². The molecule has 0 unspecified atom stereocenters. The van der Waals surface area contributed by atoms with Crippen LogP contribution in [0.2, 0.25) is 0 Å². The summed E-state index contributed by atoms with van der Waals surface area (Å²) in [6.45, 7) is 5.53. The Kier molecular flexibility index (Phi) is 4.98. The lowest BCUT2D eigenvalue weighted by Gasteiger charge is -2.11. The highest BCUT2D eigenvalue weighted by molar-refractivity contribution is 7.18. The first-order valence-electron chi connectivity index (χ1n) is 9.17. The van der Waals surface area contributed by atoms with Crippen molar-refractivity contribution in [2.75, 3.05) is 0 Å². The number of rotatable bonds is 4. The second-order valence-electron chi connectivity index (χ2n) is 6.76. The van der Waals surface area contributed by atoms with Crippen LogP contribution < -0.4 is 5.56 Å². The number of thiophene rings is 1. The normalized spacial score (nSPS) is 12.7. The molecule has 0 bridgehead atoms. The average Bonchev–Trinajstić information content (AvgIpc) is 3.00. The van der Waals surface area contributed by atoms with Crippen LogP contribution in [0.15, 0.2) is 47.3 Å². The minimum atomic E-state index is -0.684. The summed E-state index contributed by atoms with van der Waals surface area (Å²) in [5.41, 5.74) is 2.23. The number of aryl methyl sites for hydroxylation is 2. The number of para-hydroxylation sites is 1. The molecule has 0 amide bonds. The fraction of sp³-hybridized carbons (Fsp3) is 0.182. The Morgan fingerprint density at radius 1 is 1.17 bits per heavy atom. The lowest BCUT2D eigenvalue weighted by atomic mass is 10.2. The monoisotopic (exact) mass is 405 g/mol. The first kappa shape index (κ1) is 19.0. The summed E-state index contributed by atoms with van der Waals surface area (Å²) < 4.78 is 5.41. The fourth-order valence-corrected chi connectivity index (χ4v) is 4.10. The highest BCUT2D eigenvalue weighted by Crippen LogP contribution is 2.27. The van der Waals surface area contributed by atoms with Gasteiger partial charge in [-0.05, 0) is 44.5 Å². The van der Waals surface area contributed by atoms with Crippen LogP contribution in [-0.4, -0.2) is 20.9 Å². The van der Waals surface area contributed by atoms with Crippen LogP contribution in [0, 0.1) is 13.8 Å². The topological polar surface area (TPSA) is 84.9 Å². The van der Waals surface area contributed by atoms with Gasteiger partial charge in [0.15, 0.2) is 11.9 Å². The Hall–Kier alpha value is -3.32. The van der Waals surface area contributed by atoms with Crippen molar-refractivity contribution in [3.8, 4) is 0 Å². The SMILES string of the molecule is Cc1sc2nc([C@@H](C)OC(=O)/C=C/c3ccc4ccccc4n3)[nH]c(=O)c2c1C. The van der Waals surface area contributed by atoms with Crippen LogP contribution in [0.25, 0.3) is 27.2 Å². The van der Waals surface area contributed by atoms with E-state index in [1.807, 2.05) is 50.2 Å². The van der Waals surface area contributed by atoms with Gasteiger partial charge in [-0.2, -0.15) is 0 Å². The molecule has 29 heavy (non-hydrogen) atoms. The Bertz CT molecular complexity index is 1320. The zero-order chi connectivity index (χ0) is 20.5. The lowest BCUT2D eigenvalue weighted by Crippen LogP contribution is -2.16. The maximum Gasteiger partial charge on any atom is 0.331 e. The first-order chi connectivity index (χ1) is 13.9. The molecule has 1 aromatic carbocycles. The second-order valence-corrected chi connectivity index (χ2v) is 7.96. The average molecular weight is 405 g/mol. The number of nitrogens with one attached hydrogen (secondary N) is 1. The van der Waals surface area contributed by atoms with Gasteiger partial charge in [-0.25, -0.2) is 14.8 Å². The molecule has 146 valence electrons. The highest BCUT2D eigenvalue weighted by atomic mass is 32.1. The Morgan fingerprint density at radius 3 is 2.79 bits per heavy atom. The van der Waals surface area contributed by atoms with Crippen LogP contribution in [0.1, 0.15) is 35.0 Å². The largest absolute Gasteiger partial charge is 0.451 e. The van der Waals surface area contributed by atoms with Crippen LogP contribution in [0.5, 0.6) is 0 Å². The van der Waals surface area contributed by atoms with Crippen LogP contribution in [-0.2, 0) is 9.53 Å². The molecule has 0 fully saturated rings. The highest BCUT2D eigenvalue weighted by Gasteiger charge is 2.17. The number of H-pyrrole nitrogens is 1. The van der Waals surface area contributed by atoms with E-state index >= 15 is 0 Å². The van der Waals surface area contributed by atoms with Crippen LogP contribution >= 0.6 is 11.3 Å². The molecule has 4 aromatic rings. The van der Waals surface area contributed by atoms with Crippen LogP contribution in [0.4, 0.5) is 0 Å². The van der Waals surface area contributed by atoms with Gasteiger partial charge < -0.3 is 9.72 Å². The third-order valence-corrected chi connectivity index (χ3v) is 5.85. The smallest absolute Gasteiger partial charge is 0.331 e. The van der Waals surface area contributed by atoms with E-state index < -0.39 is 12.1 Å². The molecule has 6 nitrogen and oxygen atoms in total. The predicted molar refractivity (Wildman–Crippen MR) is 115 cm³/mol. The number of benzene rings is 1. The molecule has 0 spiro atoms. The van der Waals surface area contributed by atoms with E-state index in [2.05, 4.69) is 15.0 Å². The second kappa shape index (κ2) is 7.60. The third kappa shape index (κ3) is 3.82. The van der Waals surface area contributed by atoms with Gasteiger partial charge in [-0.15, -0.1) is 11.3 Å². The van der Waals surface area contributed by atoms with Gasteiger partial charge in [0.2, 0.25) is 0 Å². The number of fused-ring (bicyclic) bond motifs is 2. The minimum Gasteiger partial charge on any atom is -0.451 e. The number of esters is 1. The maximum atomic E-state index is 12.4. The standard InChI is InChI=1S/C22H19N3O3S/c1-12-14(3)29-22-19(12)21(27)24-20(25-22)13(2)28-18(26)11-10-16-9-8-15-6-4-5-7-17(15)23-16/h4-11,13H,1-3H3,(H,24,25,27)/b11-10+/t13-/m1/s1. The predicted octanol–water partition coefficient (Wildman–Crippen LogP) is 4.47. The van der Waals surface area contributed by atoms with Crippen molar-refractivity contribution in [3.05, 3.63) is 74.8 Å². The number of hydrogen-bond donors (Lipinski definition) is 1. The van der Waals surface area contributed by atoms with Crippen molar-refractivity contribution >= 4 is 44.5 Å². The molecule has 7 heteroatoms. The molecule has 1 N–H and O–H groups in total. The van der Waals surface area contributed by atoms with Crippen LogP contribution in [0.3, 0.4) is 0 Å². The molecule has 0 aliphatic rings. The molecule has 0 radical (unpaired) electrons. The minimum absolute atomic E-state index is 0.217. The lowest BCUT2D eigenvalue weighted by molar-refractivity contribution is -0.142. The van der Waals surface area contributed by atoms with Crippen molar-refractivity contribution in [2.45, 2.75) is 26.9 Å². The van der Waals surface area contributed by atoms with Crippen molar-refractivity contribution in [1.29, 1.82) is 0 Å². The summed E-state index contributed by atoms with van der Waals surface area (Å²) in [7, 11) is 0. The number of ether oxygens (including phenoxy) is 1. The molecule has 3 aromatic heterocycles. The fourth-order valence-electron chi connectivity index (χ4n) is 3.06. The van der Waals surface area contributed by atoms with E-state index in [0.717, 1.165) is 21.3 Å². The zero-order valence-corrected chi connectivity index (χ0v) is 17.0. The van der Waals surface area contributed by atoms with Gasteiger partial charge in [0.1, 0.15) is 4.83 Å². The number of pyridine rings is 1. The molecule has 0 aliphatic heterocycles. The van der Waals surface area contributed by atoms with Crippen molar-refractivity contribution < 1.29 is 9.53 Å². The molecule has 4 rings (SSSR count). The first-order valence-corrected chi connectivity index (χ1v) is 9.98.